The first-order chi connectivity index (χ1) is 7.66. The molecule has 84 valence electrons. The fourth-order valence-corrected chi connectivity index (χ4v) is 1.23. The summed E-state index contributed by atoms with van der Waals surface area (Å²) in [5.41, 5.74) is 0.356. The second-order valence-corrected chi connectivity index (χ2v) is 3.30. The first-order valence-electron chi connectivity index (χ1n) is 5.10. The Morgan fingerprint density at radius 1 is 1.56 bits per heavy atom. The lowest BCUT2D eigenvalue weighted by molar-refractivity contribution is -0.132. The van der Waals surface area contributed by atoms with Crippen LogP contribution in [0.15, 0.2) is 36.0 Å². The molecule has 0 saturated heterocycles. The number of carboxylic acid groups (broad SMARTS) is 1. The lowest BCUT2D eigenvalue weighted by atomic mass is 10.1. The van der Waals surface area contributed by atoms with E-state index in [1.807, 2.05) is 6.92 Å². The first kappa shape index (κ1) is 12.1. The molecule has 1 aromatic rings. The van der Waals surface area contributed by atoms with E-state index in [9.17, 15) is 4.79 Å². The van der Waals surface area contributed by atoms with E-state index in [4.69, 9.17) is 10.5 Å². The van der Waals surface area contributed by atoms with Gasteiger partial charge >= 0.3 is 5.97 Å². The van der Waals surface area contributed by atoms with Crippen LogP contribution >= 0.6 is 0 Å². The van der Waals surface area contributed by atoms with Gasteiger partial charge in [0, 0.05) is 6.20 Å². The second-order valence-electron chi connectivity index (χ2n) is 3.30. The third-order valence-electron chi connectivity index (χ3n) is 2.06. The average molecular weight is 218 g/mol. The molecule has 4 nitrogen and oxygen atoms in total. The number of aliphatic carboxylic acids is 1. The quantitative estimate of drug-likeness (QED) is 0.588. The molecule has 1 rings (SSSR count). The molecule has 0 bridgehead atoms. The van der Waals surface area contributed by atoms with Gasteiger partial charge in [-0.2, -0.15) is 0 Å². The Balaban J connectivity index is 2.97. The molecule has 0 radical (unpaired) electrons. The largest absolute Gasteiger partial charge is 0.478 e. The van der Waals surface area contributed by atoms with Crippen molar-refractivity contribution in [2.45, 2.75) is 19.8 Å². The molecule has 0 aliphatic rings. The highest BCUT2D eigenvalue weighted by atomic mass is 16.4. The van der Waals surface area contributed by atoms with Crippen molar-refractivity contribution < 1.29 is 9.90 Å². The van der Waals surface area contributed by atoms with E-state index in [0.29, 0.717) is 12.1 Å². The third kappa shape index (κ3) is 3.02. The van der Waals surface area contributed by atoms with Crippen LogP contribution in [0.25, 0.3) is 0 Å². The van der Waals surface area contributed by atoms with Crippen LogP contribution in [0.5, 0.6) is 0 Å². The highest BCUT2D eigenvalue weighted by Crippen LogP contribution is 2.08. The second kappa shape index (κ2) is 5.80. The zero-order chi connectivity index (χ0) is 12.0. The van der Waals surface area contributed by atoms with Crippen molar-refractivity contribution in [3.8, 4) is 0 Å². The first-order valence-corrected chi connectivity index (χ1v) is 5.10. The van der Waals surface area contributed by atoms with Gasteiger partial charge in [0.15, 0.2) is 0 Å². The average Bonchev–Trinajstić information content (AvgIpc) is 2.30. The summed E-state index contributed by atoms with van der Waals surface area (Å²) in [4.78, 5) is 14.9. The molecular formula is C12H14N2O2. The van der Waals surface area contributed by atoms with Crippen LogP contribution in [0.3, 0.4) is 0 Å². The van der Waals surface area contributed by atoms with Crippen molar-refractivity contribution in [1.29, 1.82) is 5.41 Å². The van der Waals surface area contributed by atoms with Gasteiger partial charge < -0.3 is 5.11 Å². The van der Waals surface area contributed by atoms with Gasteiger partial charge in [0.25, 0.3) is 0 Å². The van der Waals surface area contributed by atoms with Gasteiger partial charge in [-0.3, -0.25) is 10.4 Å². The lowest BCUT2D eigenvalue weighted by Crippen LogP contribution is -2.13. The number of unbranched alkanes of at least 4 members (excludes halogenated alkanes) is 1. The van der Waals surface area contributed by atoms with Crippen molar-refractivity contribution in [1.82, 2.24) is 4.98 Å². The van der Waals surface area contributed by atoms with Crippen molar-refractivity contribution >= 4 is 11.7 Å². The fraction of sp³-hybridized carbons (Fsp3) is 0.250. The molecule has 0 atom stereocenters. The van der Waals surface area contributed by atoms with E-state index in [0.717, 1.165) is 6.42 Å². The maximum atomic E-state index is 11.0. The number of pyridine rings is 1. The van der Waals surface area contributed by atoms with Crippen LogP contribution in [-0.2, 0) is 4.79 Å². The molecule has 1 heterocycles. The summed E-state index contributed by atoms with van der Waals surface area (Å²) < 4.78 is 0. The van der Waals surface area contributed by atoms with E-state index < -0.39 is 5.97 Å². The standard InChI is InChI=1S/C12H14N2O2/c1-2-3-6-9(12(15)16)11(13)10-7-4-5-8-14-10/h4-8,13H,2-3H2,1H3,(H,15,16)/b9-6-,13-11?. The van der Waals surface area contributed by atoms with Crippen LogP contribution in [0.1, 0.15) is 25.5 Å². The Hall–Kier alpha value is -1.97. The molecule has 0 fully saturated rings. The molecule has 16 heavy (non-hydrogen) atoms. The number of nitrogens with one attached hydrogen (secondary N) is 1. The zero-order valence-corrected chi connectivity index (χ0v) is 9.10. The van der Waals surface area contributed by atoms with E-state index in [1.165, 1.54) is 0 Å². The minimum Gasteiger partial charge on any atom is -0.478 e. The number of hydrogen-bond donors (Lipinski definition) is 2. The molecule has 0 spiro atoms. The van der Waals surface area contributed by atoms with E-state index >= 15 is 0 Å². The fourth-order valence-electron chi connectivity index (χ4n) is 1.23. The highest BCUT2D eigenvalue weighted by Gasteiger charge is 2.15. The summed E-state index contributed by atoms with van der Waals surface area (Å²) >= 11 is 0. The topological polar surface area (TPSA) is 74.0 Å². The van der Waals surface area contributed by atoms with E-state index in [-0.39, 0.29) is 11.3 Å². The summed E-state index contributed by atoms with van der Waals surface area (Å²) in [5, 5.41) is 16.8. The highest BCUT2D eigenvalue weighted by molar-refractivity contribution is 6.24. The summed E-state index contributed by atoms with van der Waals surface area (Å²) in [6.45, 7) is 1.96. The van der Waals surface area contributed by atoms with Gasteiger partial charge in [-0.05, 0) is 18.6 Å². The van der Waals surface area contributed by atoms with Crippen molar-refractivity contribution in [3.63, 3.8) is 0 Å². The monoisotopic (exact) mass is 218 g/mol. The number of rotatable bonds is 5. The molecular weight excluding hydrogens is 204 g/mol. The number of carboxylic acids is 1. The number of carbonyl (C=O) groups is 1. The minimum atomic E-state index is -1.08. The van der Waals surface area contributed by atoms with Crippen molar-refractivity contribution in [2.24, 2.45) is 0 Å². The number of nitrogens with zero attached hydrogens (tertiary/aromatic N) is 1. The maximum Gasteiger partial charge on any atom is 0.337 e. The number of hydrogen-bond acceptors (Lipinski definition) is 3. The molecule has 0 aromatic carbocycles. The van der Waals surface area contributed by atoms with Gasteiger partial charge in [-0.25, -0.2) is 4.79 Å². The van der Waals surface area contributed by atoms with Crippen molar-refractivity contribution in [3.05, 3.63) is 41.7 Å². The number of aromatic nitrogens is 1. The van der Waals surface area contributed by atoms with Gasteiger partial charge in [-0.1, -0.05) is 25.5 Å². The lowest BCUT2D eigenvalue weighted by Gasteiger charge is -2.03. The molecule has 0 amide bonds. The Bertz CT molecular complexity index is 410. The molecule has 1 aromatic heterocycles. The van der Waals surface area contributed by atoms with Gasteiger partial charge in [0.2, 0.25) is 0 Å². The zero-order valence-electron chi connectivity index (χ0n) is 9.10. The molecule has 0 aliphatic carbocycles. The Morgan fingerprint density at radius 3 is 2.81 bits per heavy atom. The minimum absolute atomic E-state index is 0.0144. The molecule has 4 heteroatoms. The van der Waals surface area contributed by atoms with Gasteiger partial charge in [0.05, 0.1) is 17.0 Å². The summed E-state index contributed by atoms with van der Waals surface area (Å²) in [6, 6.07) is 5.09. The summed E-state index contributed by atoms with van der Waals surface area (Å²) in [6.07, 6.45) is 4.62. The smallest absolute Gasteiger partial charge is 0.337 e. The van der Waals surface area contributed by atoms with Crippen LogP contribution in [0, 0.1) is 5.41 Å². The van der Waals surface area contributed by atoms with E-state index in [1.54, 1.807) is 30.5 Å². The molecule has 2 N–H and O–H groups in total. The molecule has 0 unspecified atom stereocenters. The van der Waals surface area contributed by atoms with Crippen molar-refractivity contribution in [2.75, 3.05) is 0 Å². The maximum absolute atomic E-state index is 11.0. The Labute approximate surface area is 94.2 Å². The van der Waals surface area contributed by atoms with Crippen LogP contribution in [0.2, 0.25) is 0 Å². The van der Waals surface area contributed by atoms with Gasteiger partial charge in [0.1, 0.15) is 0 Å². The normalized spacial score (nSPS) is 11.2. The third-order valence-corrected chi connectivity index (χ3v) is 2.06. The van der Waals surface area contributed by atoms with Crippen LogP contribution < -0.4 is 0 Å². The van der Waals surface area contributed by atoms with Gasteiger partial charge in [-0.15, -0.1) is 0 Å². The predicted molar refractivity (Wildman–Crippen MR) is 61.7 cm³/mol. The van der Waals surface area contributed by atoms with Crippen LogP contribution in [0.4, 0.5) is 0 Å². The summed E-state index contributed by atoms with van der Waals surface area (Å²) in [5.74, 6) is -1.08. The number of allylic oxidation sites excluding steroid dienone is 1. The Morgan fingerprint density at radius 2 is 2.31 bits per heavy atom. The van der Waals surface area contributed by atoms with Crippen LogP contribution in [-0.4, -0.2) is 21.8 Å². The summed E-state index contributed by atoms with van der Waals surface area (Å²) in [7, 11) is 0. The SMILES string of the molecule is CCC/C=C(/C(=N)c1ccccn1)C(=O)O. The Kier molecular flexibility index (Phi) is 4.39. The van der Waals surface area contributed by atoms with E-state index in [2.05, 4.69) is 4.98 Å². The molecule has 0 aliphatic heterocycles. The molecule has 0 saturated carbocycles. The predicted octanol–water partition coefficient (Wildman–Crippen LogP) is 2.26.